The van der Waals surface area contributed by atoms with Crippen LogP contribution in [0.1, 0.15) is 35.7 Å². The molecule has 0 amide bonds. The fourth-order valence-corrected chi connectivity index (χ4v) is 2.33. The highest BCUT2D eigenvalue weighted by molar-refractivity contribution is 5.94. The maximum atomic E-state index is 11.2. The topological polar surface area (TPSA) is 40.5 Å². The van der Waals surface area contributed by atoms with E-state index >= 15 is 0 Å². The van der Waals surface area contributed by atoms with Crippen molar-refractivity contribution >= 4 is 11.7 Å². The fraction of sp³-hybridized carbons (Fsp3) is 0.500. The van der Waals surface area contributed by atoms with E-state index < -0.39 is 5.97 Å². The highest BCUT2D eigenvalue weighted by Gasteiger charge is 2.20. The van der Waals surface area contributed by atoms with E-state index in [-0.39, 0.29) is 0 Å². The average Bonchev–Trinajstić information content (AvgIpc) is 2.29. The Hall–Kier alpha value is -1.51. The fourth-order valence-electron chi connectivity index (χ4n) is 2.33. The zero-order valence-corrected chi connectivity index (χ0v) is 10.4. The van der Waals surface area contributed by atoms with Crippen LogP contribution in [0.2, 0.25) is 0 Å². The molecule has 0 atom stereocenters. The van der Waals surface area contributed by atoms with Crippen molar-refractivity contribution in [2.45, 2.75) is 26.7 Å². The van der Waals surface area contributed by atoms with Gasteiger partial charge in [0, 0.05) is 13.1 Å². The summed E-state index contributed by atoms with van der Waals surface area (Å²) in [5.41, 5.74) is 2.41. The highest BCUT2D eigenvalue weighted by Crippen LogP contribution is 2.27. The van der Waals surface area contributed by atoms with Gasteiger partial charge in [0.15, 0.2) is 0 Å². The summed E-state index contributed by atoms with van der Waals surface area (Å²) in [5, 5.41) is 9.21. The van der Waals surface area contributed by atoms with E-state index in [1.807, 2.05) is 19.1 Å². The molecule has 0 aliphatic carbocycles. The van der Waals surface area contributed by atoms with E-state index in [0.717, 1.165) is 43.1 Å². The zero-order valence-electron chi connectivity index (χ0n) is 10.4. The van der Waals surface area contributed by atoms with Crippen LogP contribution in [0.4, 0.5) is 5.69 Å². The first-order valence-corrected chi connectivity index (χ1v) is 6.17. The van der Waals surface area contributed by atoms with Gasteiger partial charge in [0.25, 0.3) is 0 Å². The Balaban J connectivity index is 2.30. The molecule has 0 bridgehead atoms. The van der Waals surface area contributed by atoms with Crippen LogP contribution in [-0.2, 0) is 0 Å². The summed E-state index contributed by atoms with van der Waals surface area (Å²) < 4.78 is 0. The maximum Gasteiger partial charge on any atom is 0.337 e. The van der Waals surface area contributed by atoms with Gasteiger partial charge in [-0.2, -0.15) is 0 Å². The van der Waals surface area contributed by atoms with E-state index in [0.29, 0.717) is 5.56 Å². The number of piperidine rings is 1. The first kappa shape index (κ1) is 12.0. The molecule has 0 saturated carbocycles. The molecule has 92 valence electrons. The molecular formula is C14H19NO2. The van der Waals surface area contributed by atoms with Crippen LogP contribution in [0.25, 0.3) is 0 Å². The molecule has 2 rings (SSSR count). The lowest BCUT2D eigenvalue weighted by atomic mass is 9.97. The van der Waals surface area contributed by atoms with Crippen molar-refractivity contribution in [1.82, 2.24) is 0 Å². The van der Waals surface area contributed by atoms with Crippen molar-refractivity contribution in [3.63, 3.8) is 0 Å². The van der Waals surface area contributed by atoms with Crippen LogP contribution in [0, 0.1) is 12.8 Å². The highest BCUT2D eigenvalue weighted by atomic mass is 16.4. The second kappa shape index (κ2) is 4.78. The van der Waals surface area contributed by atoms with Crippen molar-refractivity contribution in [2.75, 3.05) is 18.0 Å². The van der Waals surface area contributed by atoms with Gasteiger partial charge in [-0.3, -0.25) is 0 Å². The van der Waals surface area contributed by atoms with Gasteiger partial charge < -0.3 is 10.0 Å². The SMILES string of the molecule is Cc1ccc(C(=O)O)c(N2CCC(C)CC2)c1. The van der Waals surface area contributed by atoms with Crippen molar-refractivity contribution in [3.8, 4) is 0 Å². The minimum absolute atomic E-state index is 0.421. The van der Waals surface area contributed by atoms with Crippen LogP contribution in [-0.4, -0.2) is 24.2 Å². The summed E-state index contributed by atoms with van der Waals surface area (Å²) in [6.07, 6.45) is 2.29. The minimum Gasteiger partial charge on any atom is -0.478 e. The molecule has 3 nitrogen and oxygen atoms in total. The van der Waals surface area contributed by atoms with Crippen molar-refractivity contribution in [2.24, 2.45) is 5.92 Å². The smallest absolute Gasteiger partial charge is 0.337 e. The van der Waals surface area contributed by atoms with E-state index in [9.17, 15) is 9.90 Å². The van der Waals surface area contributed by atoms with Gasteiger partial charge in [-0.25, -0.2) is 4.79 Å². The number of hydrogen-bond acceptors (Lipinski definition) is 2. The third kappa shape index (κ3) is 2.60. The summed E-state index contributed by atoms with van der Waals surface area (Å²) in [6, 6.07) is 5.56. The van der Waals surface area contributed by atoms with Gasteiger partial charge >= 0.3 is 5.97 Å². The predicted octanol–water partition coefficient (Wildman–Crippen LogP) is 2.93. The Bertz CT molecular complexity index is 420. The molecule has 1 aliphatic heterocycles. The summed E-state index contributed by atoms with van der Waals surface area (Å²) in [5.74, 6) is -0.0806. The van der Waals surface area contributed by atoms with Crippen LogP contribution in [0.15, 0.2) is 18.2 Å². The van der Waals surface area contributed by atoms with Gasteiger partial charge in [-0.1, -0.05) is 13.0 Å². The van der Waals surface area contributed by atoms with Gasteiger partial charge in [-0.05, 0) is 43.4 Å². The molecular weight excluding hydrogens is 214 g/mol. The van der Waals surface area contributed by atoms with Crippen LogP contribution in [0.5, 0.6) is 0 Å². The number of anilines is 1. The Morgan fingerprint density at radius 1 is 1.35 bits per heavy atom. The number of aryl methyl sites for hydroxylation is 1. The van der Waals surface area contributed by atoms with E-state index in [1.165, 1.54) is 0 Å². The number of nitrogens with zero attached hydrogens (tertiary/aromatic N) is 1. The number of benzene rings is 1. The molecule has 3 heteroatoms. The number of carbonyl (C=O) groups is 1. The van der Waals surface area contributed by atoms with Crippen LogP contribution < -0.4 is 4.90 Å². The monoisotopic (exact) mass is 233 g/mol. The molecule has 1 aromatic carbocycles. The zero-order chi connectivity index (χ0) is 12.4. The molecule has 1 fully saturated rings. The molecule has 1 heterocycles. The summed E-state index contributed by atoms with van der Waals surface area (Å²) in [6.45, 7) is 6.18. The Labute approximate surface area is 102 Å². The van der Waals surface area contributed by atoms with Crippen molar-refractivity contribution in [1.29, 1.82) is 0 Å². The molecule has 1 aromatic rings. The van der Waals surface area contributed by atoms with Crippen molar-refractivity contribution in [3.05, 3.63) is 29.3 Å². The molecule has 17 heavy (non-hydrogen) atoms. The number of carboxylic acids is 1. The lowest BCUT2D eigenvalue weighted by Crippen LogP contribution is -2.33. The first-order chi connectivity index (χ1) is 8.08. The summed E-state index contributed by atoms with van der Waals surface area (Å²) in [4.78, 5) is 13.4. The summed E-state index contributed by atoms with van der Waals surface area (Å²) in [7, 11) is 0. The van der Waals surface area contributed by atoms with Gasteiger partial charge in [-0.15, -0.1) is 0 Å². The standard InChI is InChI=1S/C14H19NO2/c1-10-5-7-15(8-6-10)13-9-11(2)3-4-12(13)14(16)17/h3-4,9-10H,5-8H2,1-2H3,(H,16,17). The maximum absolute atomic E-state index is 11.2. The Morgan fingerprint density at radius 3 is 2.59 bits per heavy atom. The van der Waals surface area contributed by atoms with Crippen LogP contribution >= 0.6 is 0 Å². The van der Waals surface area contributed by atoms with E-state index in [4.69, 9.17) is 0 Å². The molecule has 0 spiro atoms. The van der Waals surface area contributed by atoms with Crippen LogP contribution in [0.3, 0.4) is 0 Å². The molecule has 1 saturated heterocycles. The summed E-state index contributed by atoms with van der Waals surface area (Å²) >= 11 is 0. The van der Waals surface area contributed by atoms with Crippen molar-refractivity contribution < 1.29 is 9.90 Å². The van der Waals surface area contributed by atoms with E-state index in [2.05, 4.69) is 11.8 Å². The normalized spacial score (nSPS) is 17.2. The molecule has 1 N–H and O–H groups in total. The molecule has 0 radical (unpaired) electrons. The van der Waals surface area contributed by atoms with Gasteiger partial charge in [0.1, 0.15) is 0 Å². The Morgan fingerprint density at radius 2 is 2.00 bits per heavy atom. The lowest BCUT2D eigenvalue weighted by Gasteiger charge is -2.33. The number of rotatable bonds is 2. The number of hydrogen-bond donors (Lipinski definition) is 1. The molecule has 0 unspecified atom stereocenters. The predicted molar refractivity (Wildman–Crippen MR) is 68.7 cm³/mol. The third-order valence-electron chi connectivity index (χ3n) is 3.51. The largest absolute Gasteiger partial charge is 0.478 e. The second-order valence-corrected chi connectivity index (χ2v) is 5.00. The second-order valence-electron chi connectivity index (χ2n) is 5.00. The minimum atomic E-state index is -0.835. The van der Waals surface area contributed by atoms with E-state index in [1.54, 1.807) is 6.07 Å². The van der Waals surface area contributed by atoms with Gasteiger partial charge in [0.2, 0.25) is 0 Å². The quantitative estimate of drug-likeness (QED) is 0.853. The Kier molecular flexibility index (Phi) is 3.36. The lowest BCUT2D eigenvalue weighted by molar-refractivity contribution is 0.0697. The third-order valence-corrected chi connectivity index (χ3v) is 3.51. The number of aromatic carboxylic acids is 1. The molecule has 1 aliphatic rings. The number of carboxylic acid groups (broad SMARTS) is 1. The average molecular weight is 233 g/mol. The molecule has 0 aromatic heterocycles. The van der Waals surface area contributed by atoms with Gasteiger partial charge in [0.05, 0.1) is 11.3 Å². The first-order valence-electron chi connectivity index (χ1n) is 6.17.